The van der Waals surface area contributed by atoms with Crippen LogP contribution in [0.3, 0.4) is 0 Å². The molecule has 0 aliphatic carbocycles. The van der Waals surface area contributed by atoms with E-state index in [-0.39, 0.29) is 0 Å². The van der Waals surface area contributed by atoms with Crippen LogP contribution in [-0.4, -0.2) is 19.0 Å². The van der Waals surface area contributed by atoms with Gasteiger partial charge in [0.2, 0.25) is 0 Å². The lowest BCUT2D eigenvalue weighted by molar-refractivity contribution is 0.315. The molecule has 0 fully saturated rings. The van der Waals surface area contributed by atoms with E-state index >= 15 is 0 Å². The van der Waals surface area contributed by atoms with Gasteiger partial charge in [0, 0.05) is 23.1 Å². The topological polar surface area (TPSA) is 28.4 Å². The molecule has 0 aliphatic heterocycles. The van der Waals surface area contributed by atoms with Gasteiger partial charge in [-0.15, -0.1) is 0 Å². The predicted molar refractivity (Wildman–Crippen MR) is 80.8 cm³/mol. The minimum Gasteiger partial charge on any atom is -0.468 e. The van der Waals surface area contributed by atoms with Crippen molar-refractivity contribution in [3.8, 4) is 0 Å². The summed E-state index contributed by atoms with van der Waals surface area (Å²) in [7, 11) is 4.05. The fourth-order valence-electron chi connectivity index (χ4n) is 2.12. The maximum atomic E-state index is 5.48. The first-order valence-electron chi connectivity index (χ1n) is 6.32. The standard InChI is InChI=1S/C15H19BrN2O/c1-17-9-15-13(6-7-19-15)11-18(2)10-12-4-3-5-14(16)8-12/h3-8,17H,9-11H2,1-2H3. The Kier molecular flexibility index (Phi) is 5.19. The van der Waals surface area contributed by atoms with Crippen molar-refractivity contribution in [1.29, 1.82) is 0 Å². The molecule has 0 atom stereocenters. The zero-order chi connectivity index (χ0) is 13.7. The molecule has 0 amide bonds. The third kappa shape index (κ3) is 4.20. The molecule has 0 bridgehead atoms. The van der Waals surface area contributed by atoms with E-state index in [4.69, 9.17) is 4.42 Å². The van der Waals surface area contributed by atoms with Gasteiger partial charge in [0.25, 0.3) is 0 Å². The second-order valence-corrected chi connectivity index (χ2v) is 5.62. The Morgan fingerprint density at radius 2 is 2.11 bits per heavy atom. The van der Waals surface area contributed by atoms with E-state index in [2.05, 4.69) is 51.4 Å². The number of hydrogen-bond donors (Lipinski definition) is 1. The second-order valence-electron chi connectivity index (χ2n) is 4.70. The van der Waals surface area contributed by atoms with Crippen LogP contribution >= 0.6 is 15.9 Å². The number of rotatable bonds is 6. The van der Waals surface area contributed by atoms with Gasteiger partial charge >= 0.3 is 0 Å². The Bertz CT molecular complexity index is 524. The van der Waals surface area contributed by atoms with Crippen LogP contribution in [0.15, 0.2) is 45.5 Å². The summed E-state index contributed by atoms with van der Waals surface area (Å²) in [6.07, 6.45) is 1.76. The second kappa shape index (κ2) is 6.89. The molecule has 1 heterocycles. The first kappa shape index (κ1) is 14.3. The Balaban J connectivity index is 1.97. The average Bonchev–Trinajstić information content (AvgIpc) is 2.77. The maximum absolute atomic E-state index is 5.48. The molecule has 0 radical (unpaired) electrons. The summed E-state index contributed by atoms with van der Waals surface area (Å²) >= 11 is 3.50. The normalized spacial score (nSPS) is 11.2. The minimum atomic E-state index is 0.771. The average molecular weight is 323 g/mol. The molecule has 1 aromatic carbocycles. The van der Waals surface area contributed by atoms with Gasteiger partial charge in [-0.05, 0) is 37.9 Å². The summed E-state index contributed by atoms with van der Waals surface area (Å²) < 4.78 is 6.60. The zero-order valence-electron chi connectivity index (χ0n) is 11.3. The highest BCUT2D eigenvalue weighted by Crippen LogP contribution is 2.16. The summed E-state index contributed by atoms with van der Waals surface area (Å²) in [6, 6.07) is 10.5. The van der Waals surface area contributed by atoms with Gasteiger partial charge in [0.05, 0.1) is 12.8 Å². The number of nitrogens with zero attached hydrogens (tertiary/aromatic N) is 1. The quantitative estimate of drug-likeness (QED) is 0.883. The van der Waals surface area contributed by atoms with Crippen molar-refractivity contribution in [2.24, 2.45) is 0 Å². The van der Waals surface area contributed by atoms with Crippen molar-refractivity contribution < 1.29 is 4.42 Å². The van der Waals surface area contributed by atoms with E-state index in [0.717, 1.165) is 29.9 Å². The number of nitrogens with one attached hydrogen (secondary N) is 1. The van der Waals surface area contributed by atoms with Gasteiger partial charge in [-0.3, -0.25) is 4.90 Å². The van der Waals surface area contributed by atoms with Gasteiger partial charge in [-0.25, -0.2) is 0 Å². The summed E-state index contributed by atoms with van der Waals surface area (Å²) in [5, 5.41) is 3.12. The van der Waals surface area contributed by atoms with Gasteiger partial charge in [-0.1, -0.05) is 28.1 Å². The summed E-state index contributed by atoms with van der Waals surface area (Å²) in [5.74, 6) is 1.02. The highest BCUT2D eigenvalue weighted by molar-refractivity contribution is 9.10. The molecule has 2 aromatic rings. The number of hydrogen-bond acceptors (Lipinski definition) is 3. The molecule has 1 N–H and O–H groups in total. The van der Waals surface area contributed by atoms with E-state index in [1.165, 1.54) is 11.1 Å². The van der Waals surface area contributed by atoms with Crippen LogP contribution in [0.25, 0.3) is 0 Å². The van der Waals surface area contributed by atoms with E-state index in [9.17, 15) is 0 Å². The van der Waals surface area contributed by atoms with Crippen molar-refractivity contribution in [2.45, 2.75) is 19.6 Å². The third-order valence-electron chi connectivity index (χ3n) is 2.96. The molecule has 4 heteroatoms. The fourth-order valence-corrected chi connectivity index (χ4v) is 2.56. The van der Waals surface area contributed by atoms with Crippen LogP contribution in [0.1, 0.15) is 16.9 Å². The van der Waals surface area contributed by atoms with Crippen molar-refractivity contribution in [1.82, 2.24) is 10.2 Å². The molecule has 0 unspecified atom stereocenters. The summed E-state index contributed by atoms with van der Waals surface area (Å²) in [4.78, 5) is 2.28. The highest BCUT2D eigenvalue weighted by atomic mass is 79.9. The van der Waals surface area contributed by atoms with E-state index < -0.39 is 0 Å². The molecule has 0 saturated heterocycles. The maximum Gasteiger partial charge on any atom is 0.122 e. The van der Waals surface area contributed by atoms with Gasteiger partial charge < -0.3 is 9.73 Å². The number of furan rings is 1. The van der Waals surface area contributed by atoms with Gasteiger partial charge in [0.15, 0.2) is 0 Å². The number of benzene rings is 1. The molecule has 0 spiro atoms. The molecule has 19 heavy (non-hydrogen) atoms. The first-order valence-corrected chi connectivity index (χ1v) is 7.11. The molecular formula is C15H19BrN2O. The Morgan fingerprint density at radius 3 is 2.84 bits per heavy atom. The van der Waals surface area contributed by atoms with Crippen molar-refractivity contribution in [2.75, 3.05) is 14.1 Å². The van der Waals surface area contributed by atoms with E-state index in [1.54, 1.807) is 6.26 Å². The molecule has 3 nitrogen and oxygen atoms in total. The summed E-state index contributed by atoms with van der Waals surface area (Å²) in [5.41, 5.74) is 2.54. The molecule has 2 rings (SSSR count). The zero-order valence-corrected chi connectivity index (χ0v) is 12.9. The molecule has 0 saturated carbocycles. The van der Waals surface area contributed by atoms with Crippen molar-refractivity contribution in [3.05, 3.63) is 58.0 Å². The lowest BCUT2D eigenvalue weighted by Gasteiger charge is -2.16. The highest BCUT2D eigenvalue weighted by Gasteiger charge is 2.08. The van der Waals surface area contributed by atoms with Crippen LogP contribution < -0.4 is 5.32 Å². The molecule has 0 aliphatic rings. The van der Waals surface area contributed by atoms with E-state index in [1.807, 2.05) is 19.2 Å². The van der Waals surface area contributed by atoms with Crippen LogP contribution in [0, 0.1) is 0 Å². The SMILES string of the molecule is CNCc1occc1CN(C)Cc1cccc(Br)c1. The van der Waals surface area contributed by atoms with Gasteiger partial charge in [0.1, 0.15) is 5.76 Å². The Hall–Kier alpha value is -1.10. The molecule has 102 valence electrons. The summed E-state index contributed by atoms with van der Waals surface area (Å²) in [6.45, 7) is 2.58. The largest absolute Gasteiger partial charge is 0.468 e. The van der Waals surface area contributed by atoms with Crippen molar-refractivity contribution in [3.63, 3.8) is 0 Å². The van der Waals surface area contributed by atoms with E-state index in [0.29, 0.717) is 0 Å². The number of halogens is 1. The van der Waals surface area contributed by atoms with Gasteiger partial charge in [-0.2, -0.15) is 0 Å². The smallest absolute Gasteiger partial charge is 0.122 e. The lowest BCUT2D eigenvalue weighted by atomic mass is 10.2. The fraction of sp³-hybridized carbons (Fsp3) is 0.333. The van der Waals surface area contributed by atoms with Crippen LogP contribution in [-0.2, 0) is 19.6 Å². The van der Waals surface area contributed by atoms with Crippen molar-refractivity contribution >= 4 is 15.9 Å². The minimum absolute atomic E-state index is 0.771. The Labute approximate surface area is 122 Å². The predicted octanol–water partition coefficient (Wildman–Crippen LogP) is 3.39. The van der Waals surface area contributed by atoms with Crippen LogP contribution in [0.5, 0.6) is 0 Å². The van der Waals surface area contributed by atoms with Crippen LogP contribution in [0.4, 0.5) is 0 Å². The first-order chi connectivity index (χ1) is 9.19. The molecular weight excluding hydrogens is 304 g/mol. The Morgan fingerprint density at radius 1 is 1.26 bits per heavy atom. The molecule has 1 aromatic heterocycles. The monoisotopic (exact) mass is 322 g/mol. The van der Waals surface area contributed by atoms with Crippen LogP contribution in [0.2, 0.25) is 0 Å². The lowest BCUT2D eigenvalue weighted by Crippen LogP contribution is -2.18. The third-order valence-corrected chi connectivity index (χ3v) is 3.45.